The standard InChI is InChI=1S/C20H27N3O2/c1-3-18(13-21-7-1)14-23-10-12-24-17-20(16-23)5-8-22(9-6-20)15-19-4-2-11-25-19/h1-4,7,11,13H,5-6,8-10,12,14-17H2. The van der Waals surface area contributed by atoms with Crippen molar-refractivity contribution < 1.29 is 9.15 Å². The van der Waals surface area contributed by atoms with Gasteiger partial charge in [0.1, 0.15) is 5.76 Å². The first-order chi connectivity index (χ1) is 12.3. The molecule has 25 heavy (non-hydrogen) atoms. The first-order valence-electron chi connectivity index (χ1n) is 9.25. The largest absolute Gasteiger partial charge is 0.468 e. The van der Waals surface area contributed by atoms with E-state index in [1.165, 1.54) is 18.4 Å². The maximum atomic E-state index is 6.00. The quantitative estimate of drug-likeness (QED) is 0.855. The lowest BCUT2D eigenvalue weighted by Crippen LogP contribution is -2.46. The van der Waals surface area contributed by atoms with Gasteiger partial charge in [-0.05, 0) is 49.7 Å². The molecule has 4 heterocycles. The van der Waals surface area contributed by atoms with Crippen LogP contribution in [-0.4, -0.2) is 54.2 Å². The number of ether oxygens (including phenoxy) is 1. The Hall–Kier alpha value is -1.69. The molecule has 0 bridgehead atoms. The first-order valence-corrected chi connectivity index (χ1v) is 9.25. The molecule has 134 valence electrons. The van der Waals surface area contributed by atoms with Crippen molar-refractivity contribution in [1.82, 2.24) is 14.8 Å². The van der Waals surface area contributed by atoms with E-state index in [1.54, 1.807) is 6.26 Å². The number of pyridine rings is 1. The third kappa shape index (κ3) is 4.29. The highest BCUT2D eigenvalue weighted by Crippen LogP contribution is 2.35. The van der Waals surface area contributed by atoms with Crippen LogP contribution in [0.4, 0.5) is 0 Å². The first kappa shape index (κ1) is 16.8. The van der Waals surface area contributed by atoms with Gasteiger partial charge < -0.3 is 9.15 Å². The van der Waals surface area contributed by atoms with Gasteiger partial charge in [0.15, 0.2) is 0 Å². The van der Waals surface area contributed by atoms with Crippen LogP contribution in [0.15, 0.2) is 47.3 Å². The van der Waals surface area contributed by atoms with Gasteiger partial charge >= 0.3 is 0 Å². The van der Waals surface area contributed by atoms with Gasteiger partial charge in [0, 0.05) is 37.4 Å². The van der Waals surface area contributed by atoms with Gasteiger partial charge in [-0.25, -0.2) is 0 Å². The van der Waals surface area contributed by atoms with Crippen LogP contribution in [0.3, 0.4) is 0 Å². The van der Waals surface area contributed by atoms with Gasteiger partial charge in [0.25, 0.3) is 0 Å². The molecule has 5 nitrogen and oxygen atoms in total. The van der Waals surface area contributed by atoms with Crippen LogP contribution in [0.1, 0.15) is 24.2 Å². The Morgan fingerprint density at radius 3 is 2.72 bits per heavy atom. The van der Waals surface area contributed by atoms with Crippen molar-refractivity contribution in [1.29, 1.82) is 0 Å². The van der Waals surface area contributed by atoms with E-state index in [0.29, 0.717) is 5.41 Å². The molecule has 2 saturated heterocycles. The molecule has 0 radical (unpaired) electrons. The molecule has 0 aromatic carbocycles. The summed E-state index contributed by atoms with van der Waals surface area (Å²) in [4.78, 5) is 9.30. The van der Waals surface area contributed by atoms with Crippen LogP contribution in [0.5, 0.6) is 0 Å². The number of hydrogen-bond donors (Lipinski definition) is 0. The number of rotatable bonds is 4. The minimum absolute atomic E-state index is 0.290. The maximum absolute atomic E-state index is 6.00. The second kappa shape index (κ2) is 7.68. The summed E-state index contributed by atoms with van der Waals surface area (Å²) in [5.74, 6) is 1.06. The average Bonchev–Trinajstić information content (AvgIpc) is 3.07. The monoisotopic (exact) mass is 341 g/mol. The Labute approximate surface area is 149 Å². The average molecular weight is 341 g/mol. The maximum Gasteiger partial charge on any atom is 0.117 e. The van der Waals surface area contributed by atoms with Crippen molar-refractivity contribution in [2.75, 3.05) is 39.4 Å². The fourth-order valence-corrected chi connectivity index (χ4v) is 4.08. The molecule has 5 heteroatoms. The minimum atomic E-state index is 0.290. The Kier molecular flexibility index (Phi) is 5.15. The van der Waals surface area contributed by atoms with Crippen molar-refractivity contribution in [3.05, 3.63) is 54.2 Å². The Morgan fingerprint density at radius 2 is 1.96 bits per heavy atom. The van der Waals surface area contributed by atoms with E-state index in [1.807, 2.05) is 24.5 Å². The molecule has 2 fully saturated rings. The zero-order valence-electron chi connectivity index (χ0n) is 14.8. The third-order valence-corrected chi connectivity index (χ3v) is 5.52. The summed E-state index contributed by atoms with van der Waals surface area (Å²) in [7, 11) is 0. The fraction of sp³-hybridized carbons (Fsp3) is 0.550. The SMILES string of the molecule is c1cncc(CN2CCOCC3(CCN(Cc4ccco4)CC3)C2)c1. The number of likely N-dealkylation sites (tertiary alicyclic amines) is 1. The number of hydrogen-bond acceptors (Lipinski definition) is 5. The molecule has 2 aliphatic heterocycles. The highest BCUT2D eigenvalue weighted by molar-refractivity contribution is 5.08. The molecule has 0 atom stereocenters. The van der Waals surface area contributed by atoms with Crippen LogP contribution >= 0.6 is 0 Å². The highest BCUT2D eigenvalue weighted by Gasteiger charge is 2.38. The van der Waals surface area contributed by atoms with E-state index in [2.05, 4.69) is 26.9 Å². The van der Waals surface area contributed by atoms with E-state index in [4.69, 9.17) is 9.15 Å². The summed E-state index contributed by atoms with van der Waals surface area (Å²) in [6.07, 6.45) is 7.96. The molecule has 0 N–H and O–H groups in total. The molecule has 0 unspecified atom stereocenters. The fourth-order valence-electron chi connectivity index (χ4n) is 4.08. The summed E-state index contributed by atoms with van der Waals surface area (Å²) in [5.41, 5.74) is 1.58. The summed E-state index contributed by atoms with van der Waals surface area (Å²) in [6, 6.07) is 8.22. The molecule has 4 rings (SSSR count). The van der Waals surface area contributed by atoms with Crippen LogP contribution in [0.2, 0.25) is 0 Å². The molecule has 0 aliphatic carbocycles. The van der Waals surface area contributed by atoms with Crippen molar-refractivity contribution in [3.8, 4) is 0 Å². The van der Waals surface area contributed by atoms with Crippen molar-refractivity contribution in [3.63, 3.8) is 0 Å². The summed E-state index contributed by atoms with van der Waals surface area (Å²) in [5, 5.41) is 0. The number of nitrogens with zero attached hydrogens (tertiary/aromatic N) is 3. The second-order valence-corrected chi connectivity index (χ2v) is 7.48. The summed E-state index contributed by atoms with van der Waals surface area (Å²) >= 11 is 0. The van der Waals surface area contributed by atoms with Crippen LogP contribution < -0.4 is 0 Å². The van der Waals surface area contributed by atoms with Gasteiger partial charge in [-0.15, -0.1) is 0 Å². The van der Waals surface area contributed by atoms with Gasteiger partial charge in [-0.1, -0.05) is 6.07 Å². The zero-order valence-corrected chi connectivity index (χ0v) is 14.8. The molecule has 2 aromatic heterocycles. The van der Waals surface area contributed by atoms with E-state index in [-0.39, 0.29) is 0 Å². The second-order valence-electron chi connectivity index (χ2n) is 7.48. The van der Waals surface area contributed by atoms with E-state index in [0.717, 1.165) is 58.2 Å². The lowest BCUT2D eigenvalue weighted by atomic mass is 9.78. The Morgan fingerprint density at radius 1 is 1.04 bits per heavy atom. The minimum Gasteiger partial charge on any atom is -0.468 e. The molecule has 2 aromatic rings. The topological polar surface area (TPSA) is 41.7 Å². The molecular formula is C20H27N3O2. The van der Waals surface area contributed by atoms with E-state index >= 15 is 0 Å². The van der Waals surface area contributed by atoms with E-state index in [9.17, 15) is 0 Å². The van der Waals surface area contributed by atoms with Crippen molar-refractivity contribution >= 4 is 0 Å². The third-order valence-electron chi connectivity index (χ3n) is 5.52. The number of piperidine rings is 1. The molecule has 0 saturated carbocycles. The molecular weight excluding hydrogens is 314 g/mol. The van der Waals surface area contributed by atoms with Crippen molar-refractivity contribution in [2.45, 2.75) is 25.9 Å². The smallest absolute Gasteiger partial charge is 0.117 e. The van der Waals surface area contributed by atoms with Crippen LogP contribution in [-0.2, 0) is 17.8 Å². The van der Waals surface area contributed by atoms with Gasteiger partial charge in [0.2, 0.25) is 0 Å². The van der Waals surface area contributed by atoms with Crippen LogP contribution in [0.25, 0.3) is 0 Å². The van der Waals surface area contributed by atoms with Crippen LogP contribution in [0, 0.1) is 5.41 Å². The predicted octanol–water partition coefficient (Wildman–Crippen LogP) is 2.79. The Bertz CT molecular complexity index is 636. The van der Waals surface area contributed by atoms with Gasteiger partial charge in [-0.3, -0.25) is 14.8 Å². The number of aromatic nitrogens is 1. The Balaban J connectivity index is 1.36. The van der Waals surface area contributed by atoms with Gasteiger partial charge in [-0.2, -0.15) is 0 Å². The lowest BCUT2D eigenvalue weighted by molar-refractivity contribution is 0.0110. The van der Waals surface area contributed by atoms with Gasteiger partial charge in [0.05, 0.1) is 26.0 Å². The van der Waals surface area contributed by atoms with E-state index < -0.39 is 0 Å². The zero-order chi connectivity index (χ0) is 17.0. The lowest BCUT2D eigenvalue weighted by Gasteiger charge is -2.42. The summed E-state index contributed by atoms with van der Waals surface area (Å²) in [6.45, 7) is 7.97. The normalized spacial score (nSPS) is 22.1. The number of furan rings is 1. The summed E-state index contributed by atoms with van der Waals surface area (Å²) < 4.78 is 11.5. The predicted molar refractivity (Wildman–Crippen MR) is 96.0 cm³/mol. The molecule has 1 spiro atoms. The molecule has 2 aliphatic rings. The highest BCUT2D eigenvalue weighted by atomic mass is 16.5. The van der Waals surface area contributed by atoms with Crippen molar-refractivity contribution in [2.24, 2.45) is 5.41 Å². The molecule has 0 amide bonds.